The second kappa shape index (κ2) is 5.17. The molecule has 1 atom stereocenters. The first-order chi connectivity index (χ1) is 10.6. The molecule has 0 bridgehead atoms. The van der Waals surface area contributed by atoms with Gasteiger partial charge in [-0.15, -0.1) is 0 Å². The molecule has 0 aromatic carbocycles. The van der Waals surface area contributed by atoms with Gasteiger partial charge in [0.1, 0.15) is 0 Å². The van der Waals surface area contributed by atoms with E-state index in [2.05, 4.69) is 16.8 Å². The lowest BCUT2D eigenvalue weighted by Crippen LogP contribution is -2.41. The van der Waals surface area contributed by atoms with E-state index in [9.17, 15) is 0 Å². The summed E-state index contributed by atoms with van der Waals surface area (Å²) < 4.78 is 5.96. The Morgan fingerprint density at radius 3 is 2.86 bits per heavy atom. The molecule has 5 nitrogen and oxygen atoms in total. The van der Waals surface area contributed by atoms with E-state index < -0.39 is 0 Å². The molecular formula is C17H26N4O. The Kier molecular flexibility index (Phi) is 3.38. The summed E-state index contributed by atoms with van der Waals surface area (Å²) in [5.41, 5.74) is 3.65. The van der Waals surface area contributed by atoms with Crippen LogP contribution in [0.3, 0.4) is 0 Å². The number of ether oxygens (including phenoxy) is 1. The van der Waals surface area contributed by atoms with Crippen LogP contribution in [0.5, 0.6) is 0 Å². The first kappa shape index (κ1) is 14.4. The molecule has 4 rings (SSSR count). The van der Waals surface area contributed by atoms with Gasteiger partial charge in [-0.3, -0.25) is 0 Å². The number of hydrogen-bond acceptors (Lipinski definition) is 5. The smallest absolute Gasteiger partial charge is 0.225 e. The van der Waals surface area contributed by atoms with E-state index in [0.717, 1.165) is 37.1 Å². The highest BCUT2D eigenvalue weighted by Crippen LogP contribution is 2.41. The predicted octanol–water partition coefficient (Wildman–Crippen LogP) is 1.73. The standard InChI is InChI=1S/C17H26N4O/c1-12-14-9-22-11-17(15(14)19-16(18-12)20(2)3)6-7-21(10-17)8-13-4-5-13/h13H,4-11H2,1-3H3/t17-/m1/s1. The highest BCUT2D eigenvalue weighted by Gasteiger charge is 2.46. The maximum atomic E-state index is 5.96. The fourth-order valence-corrected chi connectivity index (χ4v) is 3.90. The van der Waals surface area contributed by atoms with Crippen molar-refractivity contribution in [3.05, 3.63) is 17.0 Å². The lowest BCUT2D eigenvalue weighted by atomic mass is 9.80. The van der Waals surface area contributed by atoms with Crippen molar-refractivity contribution in [2.45, 2.75) is 38.2 Å². The fourth-order valence-electron chi connectivity index (χ4n) is 3.90. The van der Waals surface area contributed by atoms with E-state index in [1.54, 1.807) is 0 Å². The lowest BCUT2D eigenvalue weighted by molar-refractivity contribution is 0.0499. The van der Waals surface area contributed by atoms with Gasteiger partial charge in [-0.1, -0.05) is 0 Å². The Morgan fingerprint density at radius 1 is 1.32 bits per heavy atom. The van der Waals surface area contributed by atoms with Gasteiger partial charge in [-0.2, -0.15) is 0 Å². The van der Waals surface area contributed by atoms with Crippen LogP contribution in [0.15, 0.2) is 0 Å². The molecule has 0 amide bonds. The average molecular weight is 302 g/mol. The number of likely N-dealkylation sites (tertiary alicyclic amines) is 1. The molecule has 1 saturated carbocycles. The summed E-state index contributed by atoms with van der Waals surface area (Å²) in [5.74, 6) is 1.78. The van der Waals surface area contributed by atoms with Crippen molar-refractivity contribution in [2.24, 2.45) is 5.92 Å². The number of anilines is 1. The predicted molar refractivity (Wildman–Crippen MR) is 86.2 cm³/mol. The first-order valence-corrected chi connectivity index (χ1v) is 8.43. The molecule has 0 N–H and O–H groups in total. The second-order valence-electron chi connectivity index (χ2n) is 7.53. The van der Waals surface area contributed by atoms with Gasteiger partial charge in [0, 0.05) is 38.4 Å². The van der Waals surface area contributed by atoms with Crippen LogP contribution >= 0.6 is 0 Å². The van der Waals surface area contributed by atoms with Crippen molar-refractivity contribution in [2.75, 3.05) is 45.2 Å². The minimum absolute atomic E-state index is 0.0843. The van der Waals surface area contributed by atoms with Crippen LogP contribution < -0.4 is 4.90 Å². The summed E-state index contributed by atoms with van der Waals surface area (Å²) in [4.78, 5) is 14.2. The van der Waals surface area contributed by atoms with Gasteiger partial charge in [0.2, 0.25) is 5.95 Å². The number of fused-ring (bicyclic) bond motifs is 2. The van der Waals surface area contributed by atoms with E-state index >= 15 is 0 Å². The maximum absolute atomic E-state index is 5.96. The monoisotopic (exact) mass is 302 g/mol. The topological polar surface area (TPSA) is 41.5 Å². The van der Waals surface area contributed by atoms with Gasteiger partial charge < -0.3 is 14.5 Å². The fraction of sp³-hybridized carbons (Fsp3) is 0.765. The van der Waals surface area contributed by atoms with E-state index in [1.165, 1.54) is 37.2 Å². The Labute approximate surface area is 132 Å². The van der Waals surface area contributed by atoms with Gasteiger partial charge in [0.05, 0.1) is 24.3 Å². The molecule has 3 heterocycles. The normalized spacial score (nSPS) is 28.1. The third-order valence-electron chi connectivity index (χ3n) is 5.38. The molecule has 1 aromatic heterocycles. The number of aromatic nitrogens is 2. The summed E-state index contributed by atoms with van der Waals surface area (Å²) in [6.07, 6.45) is 4.00. The number of rotatable bonds is 3. The molecule has 120 valence electrons. The first-order valence-electron chi connectivity index (χ1n) is 8.43. The van der Waals surface area contributed by atoms with Crippen molar-refractivity contribution in [1.29, 1.82) is 0 Å². The minimum Gasteiger partial charge on any atom is -0.376 e. The largest absolute Gasteiger partial charge is 0.376 e. The Hall–Kier alpha value is -1.20. The van der Waals surface area contributed by atoms with Crippen molar-refractivity contribution in [1.82, 2.24) is 14.9 Å². The highest BCUT2D eigenvalue weighted by atomic mass is 16.5. The van der Waals surface area contributed by atoms with Gasteiger partial charge in [-0.05, 0) is 38.6 Å². The van der Waals surface area contributed by atoms with Crippen molar-refractivity contribution >= 4 is 5.95 Å². The Morgan fingerprint density at radius 2 is 2.14 bits per heavy atom. The molecule has 1 aliphatic carbocycles. The molecule has 2 aliphatic heterocycles. The molecular weight excluding hydrogens is 276 g/mol. The average Bonchev–Trinajstić information content (AvgIpc) is 3.21. The zero-order chi connectivity index (χ0) is 15.3. The van der Waals surface area contributed by atoms with Crippen LogP contribution in [0.4, 0.5) is 5.95 Å². The molecule has 2 fully saturated rings. The van der Waals surface area contributed by atoms with E-state index in [1.807, 2.05) is 19.0 Å². The van der Waals surface area contributed by atoms with Crippen molar-refractivity contribution in [3.8, 4) is 0 Å². The molecule has 22 heavy (non-hydrogen) atoms. The van der Waals surface area contributed by atoms with Crippen LogP contribution in [0.1, 0.15) is 36.2 Å². The quantitative estimate of drug-likeness (QED) is 0.850. The van der Waals surface area contributed by atoms with Gasteiger partial charge >= 0.3 is 0 Å². The molecule has 5 heteroatoms. The van der Waals surface area contributed by atoms with E-state index in [4.69, 9.17) is 9.72 Å². The minimum atomic E-state index is 0.0843. The van der Waals surface area contributed by atoms with Crippen molar-refractivity contribution < 1.29 is 4.74 Å². The highest BCUT2D eigenvalue weighted by molar-refractivity contribution is 5.41. The SMILES string of the molecule is Cc1nc(N(C)C)nc2c1COC[C@]21CCN(CC2CC2)C1. The third kappa shape index (κ3) is 2.40. The number of aryl methyl sites for hydroxylation is 1. The lowest BCUT2D eigenvalue weighted by Gasteiger charge is -2.35. The van der Waals surface area contributed by atoms with Gasteiger partial charge in [0.15, 0.2) is 0 Å². The maximum Gasteiger partial charge on any atom is 0.225 e. The summed E-state index contributed by atoms with van der Waals surface area (Å²) in [7, 11) is 4.03. The summed E-state index contributed by atoms with van der Waals surface area (Å²) >= 11 is 0. The molecule has 0 unspecified atom stereocenters. The Bertz CT molecular complexity index is 584. The molecule has 1 spiro atoms. The summed E-state index contributed by atoms with van der Waals surface area (Å²) in [6.45, 7) is 7.11. The van der Waals surface area contributed by atoms with Crippen molar-refractivity contribution in [3.63, 3.8) is 0 Å². The van der Waals surface area contributed by atoms with Crippen LogP contribution in [-0.2, 0) is 16.8 Å². The molecule has 3 aliphatic rings. The van der Waals surface area contributed by atoms with Crippen LogP contribution in [0.2, 0.25) is 0 Å². The van der Waals surface area contributed by atoms with Crippen LogP contribution in [0.25, 0.3) is 0 Å². The van der Waals surface area contributed by atoms with E-state index in [-0.39, 0.29) is 5.41 Å². The summed E-state index contributed by atoms with van der Waals surface area (Å²) in [6, 6.07) is 0. The molecule has 1 saturated heterocycles. The van der Waals surface area contributed by atoms with Crippen LogP contribution in [0, 0.1) is 12.8 Å². The van der Waals surface area contributed by atoms with E-state index in [0.29, 0.717) is 6.61 Å². The van der Waals surface area contributed by atoms with Crippen LogP contribution in [-0.4, -0.2) is 55.2 Å². The summed E-state index contributed by atoms with van der Waals surface area (Å²) in [5, 5.41) is 0. The Balaban J connectivity index is 1.68. The van der Waals surface area contributed by atoms with Gasteiger partial charge in [0.25, 0.3) is 0 Å². The molecule has 0 radical (unpaired) electrons. The number of nitrogens with zero attached hydrogens (tertiary/aromatic N) is 4. The van der Waals surface area contributed by atoms with Gasteiger partial charge in [-0.25, -0.2) is 9.97 Å². The second-order valence-corrected chi connectivity index (χ2v) is 7.53. The molecule has 1 aromatic rings. The zero-order valence-corrected chi connectivity index (χ0v) is 13.9. The zero-order valence-electron chi connectivity index (χ0n) is 13.9. The number of hydrogen-bond donors (Lipinski definition) is 0. The third-order valence-corrected chi connectivity index (χ3v) is 5.38.